The fourth-order valence-corrected chi connectivity index (χ4v) is 2.52. The van der Waals surface area contributed by atoms with Gasteiger partial charge in [-0.3, -0.25) is 9.11 Å². The Labute approximate surface area is 171 Å². The summed E-state index contributed by atoms with van der Waals surface area (Å²) in [5.41, 5.74) is 5.10. The molecule has 0 unspecified atom stereocenters. The normalized spacial score (nSPS) is 10.0. The standard InChI is InChI=1S/2C12H10.H2O4S/c2*1-3-7-11(8-4-1)12-9-5-2-6-10-12;1-5(2,3)4/h2*1-10H;(H2,1,2,3,4). The van der Waals surface area contributed by atoms with E-state index < -0.39 is 10.4 Å². The number of rotatable bonds is 2. The van der Waals surface area contributed by atoms with E-state index in [-0.39, 0.29) is 0 Å². The summed E-state index contributed by atoms with van der Waals surface area (Å²) in [5, 5.41) is 0. The number of hydrogen-bond donors (Lipinski definition) is 2. The molecule has 0 atom stereocenters. The van der Waals surface area contributed by atoms with Crippen molar-refractivity contribution in [2.24, 2.45) is 0 Å². The number of benzene rings is 4. The van der Waals surface area contributed by atoms with Crippen LogP contribution in [0.1, 0.15) is 0 Å². The predicted octanol–water partition coefficient (Wildman–Crippen LogP) is 6.05. The van der Waals surface area contributed by atoms with Crippen LogP contribution in [-0.2, 0) is 10.4 Å². The number of hydrogen-bond acceptors (Lipinski definition) is 2. The third-order valence-electron chi connectivity index (χ3n) is 3.76. The van der Waals surface area contributed by atoms with Gasteiger partial charge in [-0.15, -0.1) is 0 Å². The molecular weight excluding hydrogens is 384 g/mol. The van der Waals surface area contributed by atoms with Gasteiger partial charge in [0.05, 0.1) is 0 Å². The molecule has 2 N–H and O–H groups in total. The Bertz CT molecular complexity index is 893. The summed E-state index contributed by atoms with van der Waals surface area (Å²) in [7, 11) is -4.67. The molecule has 4 aromatic rings. The van der Waals surface area contributed by atoms with Crippen LogP contribution in [0.3, 0.4) is 0 Å². The van der Waals surface area contributed by atoms with Crippen LogP contribution >= 0.6 is 0 Å². The molecule has 0 radical (unpaired) electrons. The second-order valence-electron chi connectivity index (χ2n) is 5.91. The lowest BCUT2D eigenvalue weighted by Crippen LogP contribution is -1.89. The van der Waals surface area contributed by atoms with E-state index in [1.54, 1.807) is 0 Å². The summed E-state index contributed by atoms with van der Waals surface area (Å²) in [6.07, 6.45) is 0. The van der Waals surface area contributed by atoms with Gasteiger partial charge in [-0.25, -0.2) is 0 Å². The van der Waals surface area contributed by atoms with Crippen LogP contribution in [-0.4, -0.2) is 17.5 Å². The molecule has 148 valence electrons. The molecule has 4 rings (SSSR count). The van der Waals surface area contributed by atoms with Gasteiger partial charge in [0.15, 0.2) is 0 Å². The van der Waals surface area contributed by atoms with E-state index in [1.165, 1.54) is 22.3 Å². The average Bonchev–Trinajstić information content (AvgIpc) is 2.76. The van der Waals surface area contributed by atoms with Gasteiger partial charge in [0.2, 0.25) is 0 Å². The van der Waals surface area contributed by atoms with Crippen molar-refractivity contribution < 1.29 is 17.5 Å². The highest BCUT2D eigenvalue weighted by molar-refractivity contribution is 7.79. The molecule has 0 aromatic heterocycles. The highest BCUT2D eigenvalue weighted by atomic mass is 32.3. The zero-order valence-electron chi connectivity index (χ0n) is 15.7. The first-order valence-electron chi connectivity index (χ1n) is 8.84. The summed E-state index contributed by atoms with van der Waals surface area (Å²) < 4.78 is 31.6. The minimum absolute atomic E-state index is 1.28. The van der Waals surface area contributed by atoms with E-state index >= 15 is 0 Å². The van der Waals surface area contributed by atoms with Crippen molar-refractivity contribution in [3.05, 3.63) is 121 Å². The molecule has 0 aliphatic rings. The van der Waals surface area contributed by atoms with Crippen LogP contribution in [0.15, 0.2) is 121 Å². The second-order valence-corrected chi connectivity index (χ2v) is 6.81. The van der Waals surface area contributed by atoms with Crippen molar-refractivity contribution in [2.45, 2.75) is 0 Å². The van der Waals surface area contributed by atoms with Crippen molar-refractivity contribution in [2.75, 3.05) is 0 Å². The summed E-state index contributed by atoms with van der Waals surface area (Å²) in [6.45, 7) is 0. The van der Waals surface area contributed by atoms with Crippen molar-refractivity contribution in [1.82, 2.24) is 0 Å². The Morgan fingerprint density at radius 2 is 0.517 bits per heavy atom. The van der Waals surface area contributed by atoms with Crippen LogP contribution in [0.4, 0.5) is 0 Å². The van der Waals surface area contributed by atoms with E-state index in [1.807, 2.05) is 24.3 Å². The lowest BCUT2D eigenvalue weighted by molar-refractivity contribution is 0.381. The van der Waals surface area contributed by atoms with Crippen LogP contribution in [0, 0.1) is 0 Å². The van der Waals surface area contributed by atoms with Gasteiger partial charge in [-0.1, -0.05) is 121 Å². The third kappa shape index (κ3) is 9.48. The molecular formula is C24H22O4S. The Morgan fingerprint density at radius 3 is 0.655 bits per heavy atom. The fourth-order valence-electron chi connectivity index (χ4n) is 2.52. The molecule has 0 amide bonds. The smallest absolute Gasteiger partial charge is 0.264 e. The van der Waals surface area contributed by atoms with E-state index in [0.717, 1.165) is 0 Å². The van der Waals surface area contributed by atoms with E-state index in [0.29, 0.717) is 0 Å². The van der Waals surface area contributed by atoms with E-state index in [2.05, 4.69) is 97.1 Å². The van der Waals surface area contributed by atoms with Crippen LogP contribution in [0.2, 0.25) is 0 Å². The van der Waals surface area contributed by atoms with E-state index in [9.17, 15) is 0 Å². The molecule has 0 aliphatic heterocycles. The first kappa shape index (κ1) is 22.0. The highest BCUT2D eigenvalue weighted by Crippen LogP contribution is 2.18. The molecule has 0 saturated heterocycles. The Kier molecular flexibility index (Phi) is 8.79. The largest absolute Gasteiger partial charge is 0.394 e. The van der Waals surface area contributed by atoms with Gasteiger partial charge < -0.3 is 0 Å². The maximum Gasteiger partial charge on any atom is 0.394 e. The maximum atomic E-state index is 8.74. The van der Waals surface area contributed by atoms with Gasteiger partial charge in [0, 0.05) is 0 Å². The molecule has 0 spiro atoms. The molecule has 4 nitrogen and oxygen atoms in total. The lowest BCUT2D eigenvalue weighted by atomic mass is 10.1. The fraction of sp³-hybridized carbons (Fsp3) is 0. The minimum atomic E-state index is -4.67. The maximum absolute atomic E-state index is 8.74. The Hall–Kier alpha value is -3.25. The van der Waals surface area contributed by atoms with Gasteiger partial charge in [-0.05, 0) is 22.3 Å². The van der Waals surface area contributed by atoms with Crippen molar-refractivity contribution >= 4 is 10.4 Å². The average molecular weight is 407 g/mol. The second kappa shape index (κ2) is 11.6. The summed E-state index contributed by atoms with van der Waals surface area (Å²) in [6, 6.07) is 41.6. The first-order chi connectivity index (χ1) is 13.9. The van der Waals surface area contributed by atoms with Crippen molar-refractivity contribution in [3.8, 4) is 22.3 Å². The molecule has 0 fully saturated rings. The summed E-state index contributed by atoms with van der Waals surface area (Å²) in [5.74, 6) is 0. The van der Waals surface area contributed by atoms with Gasteiger partial charge >= 0.3 is 10.4 Å². The third-order valence-corrected chi connectivity index (χ3v) is 3.76. The topological polar surface area (TPSA) is 74.6 Å². The molecule has 0 saturated carbocycles. The van der Waals surface area contributed by atoms with Gasteiger partial charge in [0.1, 0.15) is 0 Å². The van der Waals surface area contributed by atoms with Crippen LogP contribution < -0.4 is 0 Å². The van der Waals surface area contributed by atoms with Gasteiger partial charge in [0.25, 0.3) is 0 Å². The van der Waals surface area contributed by atoms with Crippen LogP contribution in [0.25, 0.3) is 22.3 Å². The zero-order valence-corrected chi connectivity index (χ0v) is 16.5. The molecule has 5 heteroatoms. The lowest BCUT2D eigenvalue weighted by Gasteiger charge is -1.98. The van der Waals surface area contributed by atoms with Crippen LogP contribution in [0.5, 0.6) is 0 Å². The van der Waals surface area contributed by atoms with E-state index in [4.69, 9.17) is 17.5 Å². The predicted molar refractivity (Wildman–Crippen MR) is 118 cm³/mol. The first-order valence-corrected chi connectivity index (χ1v) is 10.2. The van der Waals surface area contributed by atoms with Crippen molar-refractivity contribution in [3.63, 3.8) is 0 Å². The highest BCUT2D eigenvalue weighted by Gasteiger charge is 1.92. The molecule has 4 aromatic carbocycles. The summed E-state index contributed by atoms with van der Waals surface area (Å²) >= 11 is 0. The molecule has 0 heterocycles. The SMILES string of the molecule is O=S(=O)(O)O.c1ccc(-c2ccccc2)cc1.c1ccc(-c2ccccc2)cc1. The quantitative estimate of drug-likeness (QED) is 0.397. The molecule has 0 bridgehead atoms. The summed E-state index contributed by atoms with van der Waals surface area (Å²) in [4.78, 5) is 0. The Morgan fingerprint density at radius 1 is 0.379 bits per heavy atom. The monoisotopic (exact) mass is 406 g/mol. The zero-order chi connectivity index (χ0) is 21.0. The van der Waals surface area contributed by atoms with Crippen molar-refractivity contribution in [1.29, 1.82) is 0 Å². The minimum Gasteiger partial charge on any atom is -0.264 e. The molecule has 0 aliphatic carbocycles. The Balaban J connectivity index is 0.000000170. The van der Waals surface area contributed by atoms with Gasteiger partial charge in [-0.2, -0.15) is 8.42 Å². The molecule has 29 heavy (non-hydrogen) atoms.